The normalized spacial score (nSPS) is 19.0. The molecule has 2 heterocycles. The monoisotopic (exact) mass is 246 g/mol. The van der Waals surface area contributed by atoms with Gasteiger partial charge in [0.25, 0.3) is 0 Å². The first-order chi connectivity index (χ1) is 7.69. The van der Waals surface area contributed by atoms with Gasteiger partial charge >= 0.3 is 0 Å². The van der Waals surface area contributed by atoms with Gasteiger partial charge in [0.05, 0.1) is 0 Å². The lowest BCUT2D eigenvalue weighted by Gasteiger charge is -2.30. The molecule has 0 nitrogen and oxygen atoms in total. The van der Waals surface area contributed by atoms with Crippen LogP contribution in [0, 0.1) is 0 Å². The van der Waals surface area contributed by atoms with Crippen LogP contribution in [-0.4, -0.2) is 12.5 Å². The van der Waals surface area contributed by atoms with E-state index in [9.17, 15) is 0 Å². The summed E-state index contributed by atoms with van der Waals surface area (Å²) in [4.78, 5) is 4.48. The highest BCUT2D eigenvalue weighted by Crippen LogP contribution is 2.66. The second-order valence-electron chi connectivity index (χ2n) is 4.35. The number of rotatable bonds is 1. The van der Waals surface area contributed by atoms with Crippen LogP contribution < -0.4 is 0 Å². The Bertz CT molecular complexity index is 548. The first kappa shape index (κ1) is 10.2. The van der Waals surface area contributed by atoms with Crippen LogP contribution in [0.2, 0.25) is 0 Å². The van der Waals surface area contributed by atoms with E-state index in [1.807, 2.05) is 11.3 Å². The molecule has 1 aliphatic rings. The quantitative estimate of drug-likeness (QED) is 0.685. The van der Waals surface area contributed by atoms with Gasteiger partial charge in [0, 0.05) is 14.7 Å². The number of thiophene rings is 1. The molecule has 2 heteroatoms. The standard InChI is InChI=1S/C14H14S2/c1-16(2)13-8-4-3-6-11(13)10-14(16)12-7-5-9-15-12/h3-10H,1-2H3. The maximum absolute atomic E-state index is 2.39. The molecule has 0 N–H and O–H groups in total. The van der Waals surface area contributed by atoms with Crippen molar-refractivity contribution in [3.05, 3.63) is 52.2 Å². The molecule has 3 rings (SSSR count). The van der Waals surface area contributed by atoms with Crippen LogP contribution >= 0.6 is 21.4 Å². The molecule has 0 radical (unpaired) electrons. The fraction of sp³-hybridized carbons (Fsp3) is 0.143. The van der Waals surface area contributed by atoms with E-state index in [1.165, 1.54) is 20.2 Å². The van der Waals surface area contributed by atoms with E-state index in [4.69, 9.17) is 0 Å². The van der Waals surface area contributed by atoms with Gasteiger partial charge in [0.2, 0.25) is 0 Å². The molecule has 0 atom stereocenters. The van der Waals surface area contributed by atoms with E-state index in [-0.39, 0.29) is 0 Å². The minimum absolute atomic E-state index is 0.798. The Morgan fingerprint density at radius 3 is 2.50 bits per heavy atom. The molecule has 0 amide bonds. The summed E-state index contributed by atoms with van der Waals surface area (Å²) >= 11 is 1.85. The third-order valence-electron chi connectivity index (χ3n) is 3.07. The van der Waals surface area contributed by atoms with Gasteiger partial charge in [-0.15, -0.1) is 11.3 Å². The van der Waals surface area contributed by atoms with E-state index in [1.54, 1.807) is 0 Å². The maximum atomic E-state index is 2.39. The van der Waals surface area contributed by atoms with E-state index >= 15 is 0 Å². The molecule has 0 aliphatic carbocycles. The lowest BCUT2D eigenvalue weighted by atomic mass is 10.2. The highest BCUT2D eigenvalue weighted by atomic mass is 32.3. The Kier molecular flexibility index (Phi) is 2.23. The number of hydrogen-bond acceptors (Lipinski definition) is 1. The van der Waals surface area contributed by atoms with Crippen molar-refractivity contribution in [3.63, 3.8) is 0 Å². The van der Waals surface area contributed by atoms with Crippen molar-refractivity contribution in [3.8, 4) is 0 Å². The van der Waals surface area contributed by atoms with Crippen LogP contribution in [0.3, 0.4) is 0 Å². The highest BCUT2D eigenvalue weighted by molar-refractivity contribution is 8.40. The van der Waals surface area contributed by atoms with Crippen LogP contribution in [0.5, 0.6) is 0 Å². The Hall–Kier alpha value is -0.990. The van der Waals surface area contributed by atoms with Crippen LogP contribution in [0.15, 0.2) is 46.7 Å². The summed E-state index contributed by atoms with van der Waals surface area (Å²) in [5, 5.41) is 2.16. The second kappa shape index (κ2) is 3.51. The molecule has 0 saturated heterocycles. The average molecular weight is 246 g/mol. The van der Waals surface area contributed by atoms with Gasteiger partial charge in [-0.05, 0) is 41.7 Å². The average Bonchev–Trinajstić information content (AvgIpc) is 2.86. The molecule has 2 aromatic rings. The fourth-order valence-electron chi connectivity index (χ4n) is 2.21. The first-order valence-electron chi connectivity index (χ1n) is 5.27. The van der Waals surface area contributed by atoms with Crippen molar-refractivity contribution in [2.75, 3.05) is 12.5 Å². The first-order valence-corrected chi connectivity index (χ1v) is 8.60. The lowest BCUT2D eigenvalue weighted by Crippen LogP contribution is -1.94. The minimum Gasteiger partial charge on any atom is -0.192 e. The maximum Gasteiger partial charge on any atom is 0.0394 e. The zero-order valence-corrected chi connectivity index (χ0v) is 11.1. The SMILES string of the molecule is CS1(C)C(c2cccs2)=Cc2ccccc21. The van der Waals surface area contributed by atoms with E-state index in [0.29, 0.717) is 0 Å². The summed E-state index contributed by atoms with van der Waals surface area (Å²) in [6, 6.07) is 13.2. The van der Waals surface area contributed by atoms with Crippen molar-refractivity contribution in [2.24, 2.45) is 0 Å². The van der Waals surface area contributed by atoms with E-state index in [0.717, 1.165) is 0 Å². The summed E-state index contributed by atoms with van der Waals surface area (Å²) < 4.78 is 0. The number of benzene rings is 1. The molecule has 1 aromatic heterocycles. The van der Waals surface area contributed by atoms with Gasteiger partial charge < -0.3 is 0 Å². The molecule has 0 unspecified atom stereocenters. The second-order valence-corrected chi connectivity index (χ2v) is 8.83. The molecular formula is C14H14S2. The van der Waals surface area contributed by atoms with Crippen LogP contribution in [-0.2, 0) is 0 Å². The van der Waals surface area contributed by atoms with Crippen molar-refractivity contribution in [1.29, 1.82) is 0 Å². The summed E-state index contributed by atoms with van der Waals surface area (Å²) in [6.07, 6.45) is 7.16. The third kappa shape index (κ3) is 1.37. The molecule has 0 bridgehead atoms. The van der Waals surface area contributed by atoms with Crippen molar-refractivity contribution in [2.45, 2.75) is 4.90 Å². The van der Waals surface area contributed by atoms with Gasteiger partial charge in [0.15, 0.2) is 0 Å². The van der Waals surface area contributed by atoms with Gasteiger partial charge in [-0.3, -0.25) is 0 Å². The largest absolute Gasteiger partial charge is 0.192 e. The molecule has 1 aliphatic heterocycles. The highest BCUT2D eigenvalue weighted by Gasteiger charge is 2.29. The molecular weight excluding hydrogens is 232 g/mol. The Morgan fingerprint density at radius 2 is 1.81 bits per heavy atom. The summed E-state index contributed by atoms with van der Waals surface area (Å²) in [6.45, 7) is 0. The number of fused-ring (bicyclic) bond motifs is 1. The van der Waals surface area contributed by atoms with Crippen LogP contribution in [0.4, 0.5) is 0 Å². The molecule has 82 valence electrons. The lowest BCUT2D eigenvalue weighted by molar-refractivity contribution is 1.42. The van der Waals surface area contributed by atoms with Gasteiger partial charge in [-0.1, -0.05) is 24.3 Å². The van der Waals surface area contributed by atoms with Crippen molar-refractivity contribution >= 4 is 32.3 Å². The summed E-state index contributed by atoms with van der Waals surface area (Å²) in [5.74, 6) is 0. The zero-order valence-electron chi connectivity index (χ0n) is 9.44. The molecule has 16 heavy (non-hydrogen) atoms. The van der Waals surface area contributed by atoms with Crippen molar-refractivity contribution < 1.29 is 0 Å². The van der Waals surface area contributed by atoms with E-state index < -0.39 is 10.0 Å². The van der Waals surface area contributed by atoms with Gasteiger partial charge in [0.1, 0.15) is 0 Å². The fourth-order valence-corrected chi connectivity index (χ4v) is 5.98. The Balaban J connectivity index is 2.19. The summed E-state index contributed by atoms with van der Waals surface area (Å²) in [5.41, 5.74) is 1.41. The predicted molar refractivity (Wildman–Crippen MR) is 76.3 cm³/mol. The Labute approximate surface area is 102 Å². The van der Waals surface area contributed by atoms with E-state index in [2.05, 4.69) is 60.4 Å². The van der Waals surface area contributed by atoms with Crippen molar-refractivity contribution in [1.82, 2.24) is 0 Å². The smallest absolute Gasteiger partial charge is 0.0394 e. The number of hydrogen-bond donors (Lipinski definition) is 0. The molecule has 0 saturated carbocycles. The van der Waals surface area contributed by atoms with Gasteiger partial charge in [-0.2, -0.15) is 10.0 Å². The minimum atomic E-state index is -0.798. The van der Waals surface area contributed by atoms with Gasteiger partial charge in [-0.25, -0.2) is 0 Å². The zero-order chi connectivity index (χ0) is 11.2. The molecule has 0 spiro atoms. The van der Waals surface area contributed by atoms with Crippen LogP contribution in [0.1, 0.15) is 10.4 Å². The predicted octanol–water partition coefficient (Wildman–Crippen LogP) is 4.68. The third-order valence-corrected chi connectivity index (χ3v) is 7.01. The topological polar surface area (TPSA) is 0 Å². The molecule has 0 fully saturated rings. The Morgan fingerprint density at radius 1 is 1.00 bits per heavy atom. The molecule has 1 aromatic carbocycles. The summed E-state index contributed by atoms with van der Waals surface area (Å²) in [7, 11) is -0.798. The van der Waals surface area contributed by atoms with Crippen LogP contribution in [0.25, 0.3) is 11.0 Å².